The fraction of sp³-hybridized carbons (Fsp3) is 0.571. The summed E-state index contributed by atoms with van der Waals surface area (Å²) in [5.74, 6) is -0.333. The Labute approximate surface area is 142 Å². The lowest BCUT2D eigenvalue weighted by Crippen LogP contribution is -2.34. The highest BCUT2D eigenvalue weighted by Gasteiger charge is 2.44. The minimum absolute atomic E-state index is 0.0279. The zero-order valence-corrected chi connectivity index (χ0v) is 14.1. The third-order valence-corrected chi connectivity index (χ3v) is 5.41. The number of carbonyl (C=O) groups excluding carboxylic acids is 1. The average molecular weight is 353 g/mol. The summed E-state index contributed by atoms with van der Waals surface area (Å²) in [6.07, 6.45) is 0.745. The minimum atomic E-state index is -1.05. The second-order valence-electron chi connectivity index (χ2n) is 5.91. The lowest BCUT2D eigenvalue weighted by Gasteiger charge is -2.17. The third kappa shape index (κ3) is 2.92. The lowest BCUT2D eigenvalue weighted by atomic mass is 10.1. The molecule has 0 unspecified atom stereocenters. The minimum Gasteiger partial charge on any atom is -0.464 e. The molecule has 1 fully saturated rings. The number of aliphatic hydroxyl groups excluding tert-OH is 2. The first-order chi connectivity index (χ1) is 11.4. The number of imidazole rings is 1. The molecule has 0 saturated carbocycles. The number of thioether (sulfide) groups is 1. The van der Waals surface area contributed by atoms with Gasteiger partial charge in [0.05, 0.1) is 23.6 Å². The molecule has 4 atom stereocenters. The van der Waals surface area contributed by atoms with E-state index < -0.39 is 22.8 Å². The Balaban J connectivity index is 1.79. The van der Waals surface area contributed by atoms with Crippen molar-refractivity contribution in [3.63, 3.8) is 0 Å². The summed E-state index contributed by atoms with van der Waals surface area (Å²) in [6.45, 7) is 3.50. The van der Waals surface area contributed by atoms with Crippen LogP contribution in [0.1, 0.15) is 19.2 Å². The van der Waals surface area contributed by atoms with Crippen LogP contribution in [0.2, 0.25) is 0 Å². The van der Waals surface area contributed by atoms with Gasteiger partial charge in [0.25, 0.3) is 0 Å². The molecule has 1 aliphatic rings. The molecule has 10 heteroatoms. The van der Waals surface area contributed by atoms with E-state index in [2.05, 4.69) is 15.0 Å². The number of nitrogen functional groups attached to an aromatic ring is 1. The predicted octanol–water partition coefficient (Wildman–Crippen LogP) is -0.0565. The Morgan fingerprint density at radius 1 is 1.38 bits per heavy atom. The van der Waals surface area contributed by atoms with Crippen molar-refractivity contribution < 1.29 is 19.7 Å². The summed E-state index contributed by atoms with van der Waals surface area (Å²) in [7, 11) is 0. The molecule has 1 aliphatic heterocycles. The third-order valence-electron chi connectivity index (χ3n) is 3.86. The Hall–Kier alpha value is -1.91. The SMILES string of the molecule is CC(C)C(=O)OC[C@H]1S[C@@H](n2cnc3c(N)ncnc32)[C@H](O)[C@@H]1O. The van der Waals surface area contributed by atoms with Gasteiger partial charge in [0.1, 0.15) is 29.9 Å². The van der Waals surface area contributed by atoms with Crippen molar-refractivity contribution in [3.05, 3.63) is 12.7 Å². The van der Waals surface area contributed by atoms with Crippen LogP contribution < -0.4 is 5.73 Å². The number of aromatic nitrogens is 4. The van der Waals surface area contributed by atoms with E-state index in [1.807, 2.05) is 0 Å². The molecule has 9 nitrogen and oxygen atoms in total. The number of nitrogens with two attached hydrogens (primary N) is 1. The first kappa shape index (κ1) is 16.9. The molecule has 0 spiro atoms. The van der Waals surface area contributed by atoms with Crippen molar-refractivity contribution in [2.24, 2.45) is 5.92 Å². The van der Waals surface area contributed by atoms with E-state index in [1.165, 1.54) is 24.4 Å². The van der Waals surface area contributed by atoms with Gasteiger partial charge >= 0.3 is 5.97 Å². The summed E-state index contributed by atoms with van der Waals surface area (Å²) >= 11 is 1.30. The smallest absolute Gasteiger partial charge is 0.308 e. The van der Waals surface area contributed by atoms with Crippen molar-refractivity contribution >= 4 is 34.7 Å². The number of hydrogen-bond acceptors (Lipinski definition) is 9. The Morgan fingerprint density at radius 3 is 2.83 bits per heavy atom. The molecule has 0 radical (unpaired) electrons. The molecule has 0 bridgehead atoms. The fourth-order valence-corrected chi connectivity index (χ4v) is 3.92. The maximum absolute atomic E-state index is 11.6. The number of fused-ring (bicyclic) bond motifs is 1. The number of esters is 1. The highest BCUT2D eigenvalue weighted by atomic mass is 32.2. The van der Waals surface area contributed by atoms with E-state index >= 15 is 0 Å². The number of hydrogen-bond donors (Lipinski definition) is 3. The van der Waals surface area contributed by atoms with Gasteiger partial charge in [-0.2, -0.15) is 0 Å². The highest BCUT2D eigenvalue weighted by molar-refractivity contribution is 8.00. The van der Waals surface area contributed by atoms with Gasteiger partial charge in [-0.3, -0.25) is 9.36 Å². The summed E-state index contributed by atoms with van der Waals surface area (Å²) in [5.41, 5.74) is 6.68. The average Bonchev–Trinajstić information content (AvgIpc) is 3.09. The molecular formula is C14H19N5O4S. The van der Waals surface area contributed by atoms with Crippen molar-refractivity contribution in [1.82, 2.24) is 19.5 Å². The molecule has 1 saturated heterocycles. The van der Waals surface area contributed by atoms with Crippen molar-refractivity contribution in [3.8, 4) is 0 Å². The number of anilines is 1. The fourth-order valence-electron chi connectivity index (χ4n) is 2.48. The van der Waals surface area contributed by atoms with Crippen LogP contribution in [-0.2, 0) is 9.53 Å². The van der Waals surface area contributed by atoms with Crippen LogP contribution in [0, 0.1) is 5.92 Å². The monoisotopic (exact) mass is 353 g/mol. The van der Waals surface area contributed by atoms with Crippen LogP contribution in [0.15, 0.2) is 12.7 Å². The summed E-state index contributed by atoms with van der Waals surface area (Å²) in [6, 6.07) is 0. The molecule has 130 valence electrons. The second-order valence-corrected chi connectivity index (χ2v) is 7.27. The lowest BCUT2D eigenvalue weighted by molar-refractivity contribution is -0.148. The van der Waals surface area contributed by atoms with Gasteiger partial charge in [-0.1, -0.05) is 13.8 Å². The number of aliphatic hydroxyl groups is 2. The van der Waals surface area contributed by atoms with Crippen molar-refractivity contribution in [2.45, 2.75) is 36.7 Å². The first-order valence-corrected chi connectivity index (χ1v) is 8.45. The van der Waals surface area contributed by atoms with Gasteiger partial charge in [-0.15, -0.1) is 11.8 Å². The van der Waals surface area contributed by atoms with E-state index in [0.717, 1.165) is 0 Å². The molecule has 0 aromatic carbocycles. The zero-order chi connectivity index (χ0) is 17.4. The molecule has 0 amide bonds. The normalized spacial score (nSPS) is 27.0. The maximum Gasteiger partial charge on any atom is 0.308 e. The molecule has 2 aromatic heterocycles. The second kappa shape index (κ2) is 6.54. The van der Waals surface area contributed by atoms with Crippen molar-refractivity contribution in [1.29, 1.82) is 0 Å². The number of carbonyl (C=O) groups is 1. The number of ether oxygens (including phenoxy) is 1. The standard InChI is InChI=1S/C14H19N5O4S/c1-6(2)14(22)23-3-7-9(20)10(21)13(24-7)19-5-18-8-11(15)16-4-17-12(8)19/h4-7,9-10,13,20-21H,3H2,1-2H3,(H2,15,16,17)/t7-,9-,10-,13-/m1/s1. The van der Waals surface area contributed by atoms with E-state index in [-0.39, 0.29) is 24.3 Å². The van der Waals surface area contributed by atoms with Crippen LogP contribution in [0.25, 0.3) is 11.2 Å². The summed E-state index contributed by atoms with van der Waals surface area (Å²) in [5, 5.41) is 19.7. The molecule has 24 heavy (non-hydrogen) atoms. The summed E-state index contributed by atoms with van der Waals surface area (Å²) in [4.78, 5) is 23.8. The number of rotatable bonds is 4. The first-order valence-electron chi connectivity index (χ1n) is 7.51. The Kier molecular flexibility index (Phi) is 4.61. The van der Waals surface area contributed by atoms with Crippen LogP contribution in [0.3, 0.4) is 0 Å². The van der Waals surface area contributed by atoms with E-state index in [4.69, 9.17) is 10.5 Å². The van der Waals surface area contributed by atoms with Gasteiger partial charge in [0, 0.05) is 0 Å². The molecule has 3 rings (SSSR count). The van der Waals surface area contributed by atoms with Gasteiger partial charge in [0.2, 0.25) is 0 Å². The summed E-state index contributed by atoms with van der Waals surface area (Å²) < 4.78 is 6.83. The Bertz CT molecular complexity index is 752. The van der Waals surface area contributed by atoms with E-state index in [0.29, 0.717) is 11.2 Å². The van der Waals surface area contributed by atoms with Crippen molar-refractivity contribution in [2.75, 3.05) is 12.3 Å². The largest absolute Gasteiger partial charge is 0.464 e. The molecular weight excluding hydrogens is 334 g/mol. The van der Waals surface area contributed by atoms with Crippen LogP contribution in [-0.4, -0.2) is 59.8 Å². The van der Waals surface area contributed by atoms with E-state index in [1.54, 1.807) is 18.4 Å². The van der Waals surface area contributed by atoms with Crippen LogP contribution in [0.5, 0.6) is 0 Å². The van der Waals surface area contributed by atoms with Gasteiger partial charge in [-0.05, 0) is 0 Å². The maximum atomic E-state index is 11.6. The zero-order valence-electron chi connectivity index (χ0n) is 13.2. The van der Waals surface area contributed by atoms with Crippen LogP contribution >= 0.6 is 11.8 Å². The molecule has 3 heterocycles. The molecule has 4 N–H and O–H groups in total. The van der Waals surface area contributed by atoms with Gasteiger partial charge in [0.15, 0.2) is 11.5 Å². The van der Waals surface area contributed by atoms with E-state index in [9.17, 15) is 15.0 Å². The van der Waals surface area contributed by atoms with Gasteiger partial charge in [-0.25, -0.2) is 15.0 Å². The highest BCUT2D eigenvalue weighted by Crippen LogP contribution is 2.43. The quantitative estimate of drug-likeness (QED) is 0.646. The number of nitrogens with zero attached hydrogens (tertiary/aromatic N) is 4. The predicted molar refractivity (Wildman–Crippen MR) is 88.0 cm³/mol. The van der Waals surface area contributed by atoms with Crippen LogP contribution in [0.4, 0.5) is 5.82 Å². The Morgan fingerprint density at radius 2 is 2.12 bits per heavy atom. The molecule has 0 aliphatic carbocycles. The molecule has 2 aromatic rings. The van der Waals surface area contributed by atoms with Gasteiger partial charge < -0.3 is 20.7 Å². The topological polar surface area (TPSA) is 136 Å².